The molecule has 0 aromatic heterocycles. The molecule has 0 saturated carbocycles. The van der Waals surface area contributed by atoms with Crippen molar-refractivity contribution in [2.45, 2.75) is 38.1 Å². The van der Waals surface area contributed by atoms with Gasteiger partial charge in [0.1, 0.15) is 5.75 Å². The van der Waals surface area contributed by atoms with E-state index < -0.39 is 6.09 Å². The Morgan fingerprint density at radius 1 is 1.55 bits per heavy atom. The molecule has 0 spiro atoms. The minimum Gasteiger partial charge on any atom is -0.410 e. The number of nitrogens with zero attached hydrogens (tertiary/aromatic N) is 1. The van der Waals surface area contributed by atoms with Gasteiger partial charge in [0.2, 0.25) is 0 Å². The van der Waals surface area contributed by atoms with Crippen molar-refractivity contribution < 1.29 is 9.53 Å². The van der Waals surface area contributed by atoms with Crippen molar-refractivity contribution in [2.75, 3.05) is 20.1 Å². The molecule has 2 aliphatic rings. The summed E-state index contributed by atoms with van der Waals surface area (Å²) in [6.07, 6.45) is 1.88. The number of benzene rings is 1. The summed E-state index contributed by atoms with van der Waals surface area (Å²) >= 11 is 0. The van der Waals surface area contributed by atoms with Crippen LogP contribution in [0, 0.1) is 0 Å². The van der Waals surface area contributed by atoms with E-state index in [0.29, 0.717) is 11.8 Å². The van der Waals surface area contributed by atoms with Gasteiger partial charge >= 0.3 is 6.09 Å². The number of likely N-dealkylation sites (tertiary alicyclic amines) is 1. The van der Waals surface area contributed by atoms with E-state index in [2.05, 4.69) is 36.2 Å². The first-order chi connectivity index (χ1) is 9.58. The van der Waals surface area contributed by atoms with Crippen molar-refractivity contribution in [1.82, 2.24) is 10.2 Å². The van der Waals surface area contributed by atoms with Crippen LogP contribution in [0.5, 0.6) is 5.75 Å². The zero-order chi connectivity index (χ0) is 14.3. The molecule has 2 atom stereocenters. The van der Waals surface area contributed by atoms with Crippen LogP contribution in [-0.4, -0.2) is 37.2 Å². The van der Waals surface area contributed by atoms with Gasteiger partial charge in [0.05, 0.1) is 0 Å². The zero-order valence-corrected chi connectivity index (χ0v) is 12.4. The minimum absolute atomic E-state index is 0.202. The molecule has 1 saturated heterocycles. The highest BCUT2D eigenvalue weighted by molar-refractivity contribution is 5.70. The maximum absolute atomic E-state index is 11.3. The van der Waals surface area contributed by atoms with Gasteiger partial charge in [-0.2, -0.15) is 0 Å². The van der Waals surface area contributed by atoms with Gasteiger partial charge in [-0.05, 0) is 49.2 Å². The molecular formula is C16H22N2O2. The molecule has 0 unspecified atom stereocenters. The summed E-state index contributed by atoms with van der Waals surface area (Å²) in [7, 11) is 1.57. The number of rotatable bonds is 2. The molecule has 3 rings (SSSR count). The van der Waals surface area contributed by atoms with E-state index in [4.69, 9.17) is 4.74 Å². The van der Waals surface area contributed by atoms with Gasteiger partial charge in [-0.1, -0.05) is 19.9 Å². The third kappa shape index (κ3) is 1.90. The predicted octanol–water partition coefficient (Wildman–Crippen LogP) is 2.31. The maximum Gasteiger partial charge on any atom is 0.412 e. The molecule has 20 heavy (non-hydrogen) atoms. The van der Waals surface area contributed by atoms with Gasteiger partial charge in [-0.25, -0.2) is 4.79 Å². The van der Waals surface area contributed by atoms with Crippen LogP contribution < -0.4 is 10.1 Å². The summed E-state index contributed by atoms with van der Waals surface area (Å²) in [6, 6.07) is 6.67. The van der Waals surface area contributed by atoms with Gasteiger partial charge in [0, 0.05) is 18.5 Å². The van der Waals surface area contributed by atoms with Crippen molar-refractivity contribution in [3.05, 3.63) is 29.3 Å². The summed E-state index contributed by atoms with van der Waals surface area (Å²) in [6.45, 7) is 6.85. The number of amides is 1. The second-order valence-electron chi connectivity index (χ2n) is 5.97. The smallest absolute Gasteiger partial charge is 0.410 e. The lowest BCUT2D eigenvalue weighted by Gasteiger charge is -2.29. The van der Waals surface area contributed by atoms with Crippen LogP contribution in [0.4, 0.5) is 4.79 Å². The maximum atomic E-state index is 11.3. The van der Waals surface area contributed by atoms with Crippen LogP contribution in [0.1, 0.15) is 31.4 Å². The Balaban J connectivity index is 1.92. The third-order valence-electron chi connectivity index (χ3n) is 5.03. The summed E-state index contributed by atoms with van der Waals surface area (Å²) in [5, 5.41) is 2.48. The summed E-state index contributed by atoms with van der Waals surface area (Å²) < 4.78 is 5.27. The average molecular weight is 274 g/mol. The molecule has 1 amide bonds. The molecule has 4 nitrogen and oxygen atoms in total. The lowest BCUT2D eigenvalue weighted by molar-refractivity contribution is 0.203. The van der Waals surface area contributed by atoms with Crippen LogP contribution in [0.3, 0.4) is 0 Å². The van der Waals surface area contributed by atoms with Gasteiger partial charge in [0.15, 0.2) is 0 Å². The lowest BCUT2D eigenvalue weighted by atomic mass is 9.80. The number of likely N-dealkylation sites (N-methyl/N-ethyl adjacent to an activating group) is 1. The molecule has 0 radical (unpaired) electrons. The van der Waals surface area contributed by atoms with Gasteiger partial charge < -0.3 is 10.1 Å². The molecule has 1 heterocycles. The van der Waals surface area contributed by atoms with E-state index in [0.717, 1.165) is 19.5 Å². The Morgan fingerprint density at radius 3 is 3.05 bits per heavy atom. The highest BCUT2D eigenvalue weighted by Crippen LogP contribution is 2.48. The monoisotopic (exact) mass is 274 g/mol. The second kappa shape index (κ2) is 4.77. The van der Waals surface area contributed by atoms with E-state index in [1.165, 1.54) is 17.5 Å². The molecule has 1 aliphatic heterocycles. The SMILES string of the molecule is CCN1CC[C@@]2(C)c3cc(OC(=O)NC)ccc3C[C@H]12. The van der Waals surface area contributed by atoms with Crippen molar-refractivity contribution >= 4 is 6.09 Å². The number of hydrogen-bond acceptors (Lipinski definition) is 3. The van der Waals surface area contributed by atoms with Crippen LogP contribution in [0.25, 0.3) is 0 Å². The first kappa shape index (κ1) is 13.4. The highest BCUT2D eigenvalue weighted by atomic mass is 16.5. The fourth-order valence-electron chi connectivity index (χ4n) is 3.84. The fraction of sp³-hybridized carbons (Fsp3) is 0.562. The fourth-order valence-corrected chi connectivity index (χ4v) is 3.84. The average Bonchev–Trinajstić information content (AvgIpc) is 2.91. The zero-order valence-electron chi connectivity index (χ0n) is 12.4. The Labute approximate surface area is 120 Å². The number of ether oxygens (including phenoxy) is 1. The largest absolute Gasteiger partial charge is 0.412 e. The van der Waals surface area contributed by atoms with E-state index in [1.54, 1.807) is 7.05 Å². The van der Waals surface area contributed by atoms with Crippen molar-refractivity contribution in [1.29, 1.82) is 0 Å². The molecule has 1 aromatic carbocycles. The van der Waals surface area contributed by atoms with Crippen molar-refractivity contribution in [3.63, 3.8) is 0 Å². The van der Waals surface area contributed by atoms with Gasteiger partial charge in [-0.15, -0.1) is 0 Å². The minimum atomic E-state index is -0.411. The van der Waals surface area contributed by atoms with Crippen LogP contribution in [0.2, 0.25) is 0 Å². The molecule has 1 aliphatic carbocycles. The van der Waals surface area contributed by atoms with Crippen molar-refractivity contribution in [2.24, 2.45) is 0 Å². The first-order valence-corrected chi connectivity index (χ1v) is 7.35. The summed E-state index contributed by atoms with van der Waals surface area (Å²) in [5.41, 5.74) is 2.97. The number of fused-ring (bicyclic) bond motifs is 3. The van der Waals surface area contributed by atoms with Gasteiger partial charge in [-0.3, -0.25) is 4.90 Å². The van der Waals surface area contributed by atoms with E-state index >= 15 is 0 Å². The topological polar surface area (TPSA) is 41.6 Å². The van der Waals surface area contributed by atoms with E-state index in [1.807, 2.05) is 6.07 Å². The molecule has 1 fully saturated rings. The molecule has 4 heteroatoms. The van der Waals surface area contributed by atoms with E-state index in [9.17, 15) is 4.79 Å². The van der Waals surface area contributed by atoms with Gasteiger partial charge in [0.25, 0.3) is 0 Å². The molecular weight excluding hydrogens is 252 g/mol. The lowest BCUT2D eigenvalue weighted by Crippen LogP contribution is -2.37. The highest BCUT2D eigenvalue weighted by Gasteiger charge is 2.49. The Bertz CT molecular complexity index is 543. The Kier molecular flexibility index (Phi) is 3.21. The van der Waals surface area contributed by atoms with Crippen LogP contribution >= 0.6 is 0 Å². The molecule has 1 aromatic rings. The number of carbonyl (C=O) groups is 1. The van der Waals surface area contributed by atoms with Crippen LogP contribution in [-0.2, 0) is 11.8 Å². The normalized spacial score (nSPS) is 28.1. The standard InChI is InChI=1S/C16H22N2O2/c1-4-18-8-7-16(2)13-10-12(20-15(19)17-3)6-5-11(13)9-14(16)18/h5-6,10,14H,4,7-9H2,1-3H3,(H,17,19)/t14-,16-/m0/s1. The Hall–Kier alpha value is -1.55. The molecule has 0 bridgehead atoms. The molecule has 1 N–H and O–H groups in total. The first-order valence-electron chi connectivity index (χ1n) is 7.35. The van der Waals surface area contributed by atoms with Crippen molar-refractivity contribution in [3.8, 4) is 5.75 Å². The number of nitrogens with one attached hydrogen (secondary N) is 1. The number of hydrogen-bond donors (Lipinski definition) is 1. The quantitative estimate of drug-likeness (QED) is 0.900. The number of carbonyl (C=O) groups excluding carboxylic acids is 1. The van der Waals surface area contributed by atoms with Crippen LogP contribution in [0.15, 0.2) is 18.2 Å². The summed E-state index contributed by atoms with van der Waals surface area (Å²) in [4.78, 5) is 13.9. The van der Waals surface area contributed by atoms with E-state index in [-0.39, 0.29) is 5.41 Å². The predicted molar refractivity (Wildman–Crippen MR) is 78.2 cm³/mol. The Morgan fingerprint density at radius 2 is 2.35 bits per heavy atom. The summed E-state index contributed by atoms with van der Waals surface area (Å²) in [5.74, 6) is 0.639. The third-order valence-corrected chi connectivity index (χ3v) is 5.03. The second-order valence-corrected chi connectivity index (χ2v) is 5.97. The molecule has 108 valence electrons.